The predicted molar refractivity (Wildman–Crippen MR) is 73.0 cm³/mol. The summed E-state index contributed by atoms with van der Waals surface area (Å²) >= 11 is 0. The summed E-state index contributed by atoms with van der Waals surface area (Å²) in [5, 5.41) is 0. The van der Waals surface area contributed by atoms with E-state index in [0.29, 0.717) is 6.42 Å². The van der Waals surface area contributed by atoms with Gasteiger partial charge in [0.2, 0.25) is 0 Å². The van der Waals surface area contributed by atoms with E-state index in [-0.39, 0.29) is 5.78 Å². The molecule has 0 atom stereocenters. The van der Waals surface area contributed by atoms with Crippen molar-refractivity contribution in [3.05, 3.63) is 52.6 Å². The molecule has 0 saturated carbocycles. The smallest absolute Gasteiger partial charge is 0.167 e. The van der Waals surface area contributed by atoms with Gasteiger partial charge in [-0.3, -0.25) is 4.79 Å². The lowest BCUT2D eigenvalue weighted by Crippen LogP contribution is -2.00. The maximum Gasteiger partial charge on any atom is 0.167 e. The Morgan fingerprint density at radius 1 is 1.33 bits per heavy atom. The fourth-order valence-electron chi connectivity index (χ4n) is 2.18. The molecule has 0 fully saturated rings. The standard InChI is InChI=1S/C16H18O2/c1-11-7-13(8-12(11)2)9-16(17)14-5-4-6-15(10-14)18-3/h4-7,10H,8-9H2,1-3H3. The van der Waals surface area contributed by atoms with Crippen LogP contribution >= 0.6 is 0 Å². The average Bonchev–Trinajstić information content (AvgIpc) is 2.68. The number of benzene rings is 1. The number of hydrogen-bond donors (Lipinski definition) is 0. The lowest BCUT2D eigenvalue weighted by Gasteiger charge is -2.05. The van der Waals surface area contributed by atoms with E-state index in [4.69, 9.17) is 4.74 Å². The van der Waals surface area contributed by atoms with Crippen molar-refractivity contribution < 1.29 is 9.53 Å². The number of carbonyl (C=O) groups excluding carboxylic acids is 1. The Labute approximate surface area is 108 Å². The van der Waals surface area contributed by atoms with Crippen molar-refractivity contribution in [3.8, 4) is 5.75 Å². The highest BCUT2D eigenvalue weighted by molar-refractivity contribution is 5.98. The van der Waals surface area contributed by atoms with Crippen LogP contribution in [0.15, 0.2) is 47.1 Å². The number of carbonyl (C=O) groups is 1. The van der Waals surface area contributed by atoms with Crippen LogP contribution < -0.4 is 4.74 Å². The molecule has 0 unspecified atom stereocenters. The van der Waals surface area contributed by atoms with Crippen LogP contribution in [0.5, 0.6) is 5.75 Å². The van der Waals surface area contributed by atoms with E-state index in [0.717, 1.165) is 17.7 Å². The molecule has 0 saturated heterocycles. The zero-order chi connectivity index (χ0) is 13.1. The van der Waals surface area contributed by atoms with Gasteiger partial charge >= 0.3 is 0 Å². The van der Waals surface area contributed by atoms with Gasteiger partial charge in [-0.1, -0.05) is 34.9 Å². The minimum Gasteiger partial charge on any atom is -0.497 e. The van der Waals surface area contributed by atoms with Crippen LogP contribution in [-0.4, -0.2) is 12.9 Å². The fourth-order valence-corrected chi connectivity index (χ4v) is 2.18. The molecule has 94 valence electrons. The van der Waals surface area contributed by atoms with Crippen LogP contribution in [0.25, 0.3) is 0 Å². The molecule has 18 heavy (non-hydrogen) atoms. The van der Waals surface area contributed by atoms with Crippen molar-refractivity contribution in [1.82, 2.24) is 0 Å². The predicted octanol–water partition coefficient (Wildman–Crippen LogP) is 3.93. The van der Waals surface area contributed by atoms with Crippen LogP contribution in [-0.2, 0) is 0 Å². The number of ketones is 1. The van der Waals surface area contributed by atoms with Crippen LogP contribution in [0.2, 0.25) is 0 Å². The van der Waals surface area contributed by atoms with E-state index < -0.39 is 0 Å². The van der Waals surface area contributed by atoms with E-state index in [1.165, 1.54) is 16.7 Å². The highest BCUT2D eigenvalue weighted by atomic mass is 16.5. The molecule has 1 aliphatic carbocycles. The molecule has 1 aliphatic rings. The summed E-state index contributed by atoms with van der Waals surface area (Å²) in [5.74, 6) is 0.884. The van der Waals surface area contributed by atoms with Crippen molar-refractivity contribution in [3.63, 3.8) is 0 Å². The Kier molecular flexibility index (Phi) is 3.66. The van der Waals surface area contributed by atoms with E-state index in [9.17, 15) is 4.79 Å². The summed E-state index contributed by atoms with van der Waals surface area (Å²) in [6.45, 7) is 4.22. The number of hydrogen-bond acceptors (Lipinski definition) is 2. The second kappa shape index (κ2) is 5.21. The maximum absolute atomic E-state index is 12.2. The summed E-state index contributed by atoms with van der Waals surface area (Å²) in [4.78, 5) is 12.2. The van der Waals surface area contributed by atoms with Gasteiger partial charge in [0, 0.05) is 12.0 Å². The van der Waals surface area contributed by atoms with E-state index in [1.54, 1.807) is 13.2 Å². The van der Waals surface area contributed by atoms with Gasteiger partial charge in [-0.15, -0.1) is 0 Å². The lowest BCUT2D eigenvalue weighted by atomic mass is 10.0. The van der Waals surface area contributed by atoms with Gasteiger partial charge < -0.3 is 4.74 Å². The van der Waals surface area contributed by atoms with Gasteiger partial charge in [0.25, 0.3) is 0 Å². The van der Waals surface area contributed by atoms with E-state index in [2.05, 4.69) is 19.9 Å². The Bertz CT molecular complexity index is 536. The molecule has 0 bridgehead atoms. The minimum atomic E-state index is 0.155. The first-order chi connectivity index (χ1) is 8.60. The van der Waals surface area contributed by atoms with Crippen molar-refractivity contribution in [2.45, 2.75) is 26.7 Å². The quantitative estimate of drug-likeness (QED) is 0.748. The summed E-state index contributed by atoms with van der Waals surface area (Å²) in [5.41, 5.74) is 4.59. The van der Waals surface area contributed by atoms with Gasteiger partial charge in [0.15, 0.2) is 5.78 Å². The van der Waals surface area contributed by atoms with Crippen molar-refractivity contribution in [2.24, 2.45) is 0 Å². The first kappa shape index (κ1) is 12.6. The molecule has 2 heteroatoms. The highest BCUT2D eigenvalue weighted by Gasteiger charge is 2.14. The Balaban J connectivity index is 2.07. The van der Waals surface area contributed by atoms with Crippen LogP contribution in [0, 0.1) is 0 Å². The van der Waals surface area contributed by atoms with E-state index in [1.807, 2.05) is 18.2 Å². The van der Waals surface area contributed by atoms with Crippen molar-refractivity contribution >= 4 is 5.78 Å². The van der Waals surface area contributed by atoms with Crippen molar-refractivity contribution in [2.75, 3.05) is 7.11 Å². The topological polar surface area (TPSA) is 26.3 Å². The number of rotatable bonds is 4. The summed E-state index contributed by atoms with van der Waals surface area (Å²) in [7, 11) is 1.61. The highest BCUT2D eigenvalue weighted by Crippen LogP contribution is 2.28. The minimum absolute atomic E-state index is 0.155. The van der Waals surface area contributed by atoms with Gasteiger partial charge in [0.05, 0.1) is 7.11 Å². The molecule has 0 radical (unpaired) electrons. The monoisotopic (exact) mass is 242 g/mol. The van der Waals surface area contributed by atoms with Crippen LogP contribution in [0.1, 0.15) is 37.0 Å². The first-order valence-corrected chi connectivity index (χ1v) is 6.13. The van der Waals surface area contributed by atoms with Crippen LogP contribution in [0.3, 0.4) is 0 Å². The van der Waals surface area contributed by atoms with E-state index >= 15 is 0 Å². The van der Waals surface area contributed by atoms with Crippen molar-refractivity contribution in [1.29, 1.82) is 0 Å². The van der Waals surface area contributed by atoms with Gasteiger partial charge in [-0.25, -0.2) is 0 Å². The number of ether oxygens (including phenoxy) is 1. The zero-order valence-electron chi connectivity index (χ0n) is 11.1. The molecule has 0 heterocycles. The Hall–Kier alpha value is -1.83. The summed E-state index contributed by atoms with van der Waals surface area (Å²) in [6.07, 6.45) is 3.57. The number of methoxy groups -OCH3 is 1. The third kappa shape index (κ3) is 2.70. The molecule has 1 aromatic rings. The Morgan fingerprint density at radius 2 is 2.11 bits per heavy atom. The summed E-state index contributed by atoms with van der Waals surface area (Å²) < 4.78 is 5.13. The normalized spacial score (nSPS) is 14.7. The van der Waals surface area contributed by atoms with Gasteiger partial charge in [-0.2, -0.15) is 0 Å². The molecular formula is C16H18O2. The third-order valence-corrected chi connectivity index (χ3v) is 3.37. The second-order valence-electron chi connectivity index (χ2n) is 4.77. The van der Waals surface area contributed by atoms with Gasteiger partial charge in [0.1, 0.15) is 5.75 Å². The zero-order valence-corrected chi connectivity index (χ0v) is 11.1. The van der Waals surface area contributed by atoms with Crippen LogP contribution in [0.4, 0.5) is 0 Å². The molecule has 1 aromatic carbocycles. The lowest BCUT2D eigenvalue weighted by molar-refractivity contribution is 0.0992. The SMILES string of the molecule is COc1cccc(C(=O)CC2=CC(C)=C(C)C2)c1. The second-order valence-corrected chi connectivity index (χ2v) is 4.77. The molecule has 0 spiro atoms. The number of allylic oxidation sites excluding steroid dienone is 4. The molecule has 0 N–H and O–H groups in total. The average molecular weight is 242 g/mol. The summed E-state index contributed by atoms with van der Waals surface area (Å²) in [6, 6.07) is 7.34. The molecular weight excluding hydrogens is 224 g/mol. The Morgan fingerprint density at radius 3 is 2.72 bits per heavy atom. The largest absolute Gasteiger partial charge is 0.497 e. The molecule has 0 aromatic heterocycles. The fraction of sp³-hybridized carbons (Fsp3) is 0.312. The van der Waals surface area contributed by atoms with Gasteiger partial charge in [-0.05, 0) is 32.4 Å². The maximum atomic E-state index is 12.2. The first-order valence-electron chi connectivity index (χ1n) is 6.13. The third-order valence-electron chi connectivity index (χ3n) is 3.37. The number of Topliss-reactive ketones (excluding diaryl/α,β-unsaturated/α-hetero) is 1. The molecule has 0 aliphatic heterocycles. The molecule has 0 amide bonds. The molecule has 2 nitrogen and oxygen atoms in total. The molecule has 2 rings (SSSR count).